The molecule has 4 rings (SSSR count). The summed E-state index contributed by atoms with van der Waals surface area (Å²) in [6.45, 7) is 5.65. The van der Waals surface area contributed by atoms with Crippen LogP contribution in [0, 0.1) is 6.92 Å². The van der Waals surface area contributed by atoms with Crippen LogP contribution in [-0.4, -0.2) is 34.4 Å². The van der Waals surface area contributed by atoms with Gasteiger partial charge in [0, 0.05) is 49.7 Å². The number of pyridine rings is 1. The minimum atomic E-state index is -0.166. The molecule has 2 aliphatic heterocycles. The highest BCUT2D eigenvalue weighted by atomic mass is 16.1. The molecule has 0 aliphatic carbocycles. The quantitative estimate of drug-likeness (QED) is 0.859. The Balaban J connectivity index is 1.51. The van der Waals surface area contributed by atoms with Gasteiger partial charge in [-0.3, -0.25) is 14.7 Å². The summed E-state index contributed by atoms with van der Waals surface area (Å²) >= 11 is 0. The van der Waals surface area contributed by atoms with Gasteiger partial charge in [-0.15, -0.1) is 0 Å². The van der Waals surface area contributed by atoms with E-state index in [0.29, 0.717) is 13.0 Å². The van der Waals surface area contributed by atoms with Gasteiger partial charge in [0.25, 0.3) is 0 Å². The highest BCUT2D eigenvalue weighted by molar-refractivity contribution is 5.79. The zero-order chi connectivity index (χ0) is 18.7. The summed E-state index contributed by atoms with van der Waals surface area (Å²) in [6, 6.07) is 10.5. The van der Waals surface area contributed by atoms with Gasteiger partial charge < -0.3 is 10.6 Å². The summed E-state index contributed by atoms with van der Waals surface area (Å²) in [6.07, 6.45) is 7.47. The Morgan fingerprint density at radius 1 is 1.19 bits per heavy atom. The van der Waals surface area contributed by atoms with Gasteiger partial charge in [0.05, 0.1) is 0 Å². The summed E-state index contributed by atoms with van der Waals surface area (Å²) in [4.78, 5) is 19.3. The maximum Gasteiger partial charge on any atom is 0.222 e. The number of hydrogen-bond acceptors (Lipinski definition) is 4. The summed E-state index contributed by atoms with van der Waals surface area (Å²) in [5, 5.41) is 6.87. The number of amides is 1. The minimum absolute atomic E-state index is 0.147. The van der Waals surface area contributed by atoms with E-state index in [1.165, 1.54) is 11.1 Å². The topological polar surface area (TPSA) is 57.3 Å². The summed E-state index contributed by atoms with van der Waals surface area (Å²) in [5.74, 6) is 0.147. The highest BCUT2D eigenvalue weighted by Gasteiger charge is 2.36. The van der Waals surface area contributed by atoms with Gasteiger partial charge in [0.2, 0.25) is 5.91 Å². The van der Waals surface area contributed by atoms with Crippen LogP contribution in [0.1, 0.15) is 42.4 Å². The molecule has 5 nitrogen and oxygen atoms in total. The number of nitrogens with zero attached hydrogens (tertiary/aromatic N) is 2. The van der Waals surface area contributed by atoms with Crippen LogP contribution in [0.3, 0.4) is 0 Å². The average Bonchev–Trinajstić information content (AvgIpc) is 2.82. The molecule has 1 saturated heterocycles. The highest BCUT2D eigenvalue weighted by Crippen LogP contribution is 2.33. The summed E-state index contributed by atoms with van der Waals surface area (Å²) in [7, 11) is 0. The number of rotatable bonds is 2. The molecule has 2 aromatic rings. The molecule has 0 radical (unpaired) electrons. The van der Waals surface area contributed by atoms with Crippen LogP contribution in [0.5, 0.6) is 0 Å². The molecule has 2 N–H and O–H groups in total. The van der Waals surface area contributed by atoms with Crippen LogP contribution >= 0.6 is 0 Å². The fourth-order valence-corrected chi connectivity index (χ4v) is 4.36. The first-order chi connectivity index (χ1) is 13.1. The van der Waals surface area contributed by atoms with E-state index < -0.39 is 0 Å². The lowest BCUT2D eigenvalue weighted by Crippen LogP contribution is -2.46. The molecule has 27 heavy (non-hydrogen) atoms. The van der Waals surface area contributed by atoms with Crippen LogP contribution in [0.2, 0.25) is 0 Å². The first kappa shape index (κ1) is 18.0. The molecular weight excluding hydrogens is 336 g/mol. The largest absolute Gasteiger partial charge is 0.379 e. The number of anilines is 1. The zero-order valence-corrected chi connectivity index (χ0v) is 16.0. The molecule has 0 unspecified atom stereocenters. The lowest BCUT2D eigenvalue weighted by molar-refractivity contribution is -0.122. The number of aryl methyl sites for hydroxylation is 1. The molecule has 1 amide bonds. The maximum absolute atomic E-state index is 12.5. The molecule has 1 spiro atoms. The van der Waals surface area contributed by atoms with Crippen LogP contribution in [0.25, 0.3) is 0 Å². The van der Waals surface area contributed by atoms with E-state index >= 15 is 0 Å². The Morgan fingerprint density at radius 2 is 2.07 bits per heavy atom. The molecular formula is C22H28N4O. The third-order valence-corrected chi connectivity index (χ3v) is 5.77. The van der Waals surface area contributed by atoms with E-state index in [4.69, 9.17) is 0 Å². The van der Waals surface area contributed by atoms with Crippen molar-refractivity contribution in [3.8, 4) is 0 Å². The number of carbonyl (C=O) groups excluding carboxylic acids is 1. The number of nitrogens with one attached hydrogen (secondary N) is 2. The van der Waals surface area contributed by atoms with Gasteiger partial charge in [0.1, 0.15) is 0 Å². The fraction of sp³-hybridized carbons (Fsp3) is 0.455. The van der Waals surface area contributed by atoms with Crippen molar-refractivity contribution in [2.45, 2.75) is 51.2 Å². The fourth-order valence-electron chi connectivity index (χ4n) is 4.36. The standard InChI is InChI=1S/C22H28N4O/c1-17-11-18(14-23-13-17)16-26-9-4-7-22(8-10-26)12-21(27)24-15-19-5-2-3-6-20(19)25-22/h2-3,5-6,11,13-14,25H,4,7-10,12,15-16H2,1H3,(H,24,27)/t22-/m1/s1. The van der Waals surface area contributed by atoms with Crippen molar-refractivity contribution < 1.29 is 4.79 Å². The normalized spacial score (nSPS) is 23.5. The van der Waals surface area contributed by atoms with E-state index in [1.54, 1.807) is 0 Å². The Morgan fingerprint density at radius 3 is 2.96 bits per heavy atom. The number of hydrogen-bond donors (Lipinski definition) is 2. The van der Waals surface area contributed by atoms with E-state index in [0.717, 1.165) is 50.1 Å². The number of para-hydroxylation sites is 1. The SMILES string of the molecule is Cc1cncc(CN2CCC[C@@]3(CC2)CC(=O)NCc2ccccc2N3)c1. The van der Waals surface area contributed by atoms with Gasteiger partial charge in [-0.1, -0.05) is 24.3 Å². The van der Waals surface area contributed by atoms with E-state index in [-0.39, 0.29) is 11.4 Å². The third-order valence-electron chi connectivity index (χ3n) is 5.77. The second kappa shape index (κ2) is 7.69. The molecule has 142 valence electrons. The first-order valence-electron chi connectivity index (χ1n) is 9.88. The Bertz CT molecular complexity index is 821. The second-order valence-electron chi connectivity index (χ2n) is 8.02. The van der Waals surface area contributed by atoms with Gasteiger partial charge in [-0.25, -0.2) is 0 Å². The van der Waals surface area contributed by atoms with Gasteiger partial charge >= 0.3 is 0 Å². The monoisotopic (exact) mass is 364 g/mol. The number of aromatic nitrogens is 1. The third kappa shape index (κ3) is 4.30. The van der Waals surface area contributed by atoms with Gasteiger partial charge in [-0.05, 0) is 55.5 Å². The van der Waals surface area contributed by atoms with Crippen molar-refractivity contribution in [1.82, 2.24) is 15.2 Å². The molecule has 2 aliphatic rings. The van der Waals surface area contributed by atoms with Crippen molar-refractivity contribution in [2.24, 2.45) is 0 Å². The number of fused-ring (bicyclic) bond motifs is 1. The molecule has 0 saturated carbocycles. The van der Waals surface area contributed by atoms with Crippen molar-refractivity contribution >= 4 is 11.6 Å². The summed E-state index contributed by atoms with van der Waals surface area (Å²) < 4.78 is 0. The van der Waals surface area contributed by atoms with E-state index in [9.17, 15) is 4.79 Å². The van der Waals surface area contributed by atoms with Gasteiger partial charge in [-0.2, -0.15) is 0 Å². The number of carbonyl (C=O) groups is 1. The van der Waals surface area contributed by atoms with Gasteiger partial charge in [0.15, 0.2) is 0 Å². The molecule has 3 heterocycles. The molecule has 5 heteroatoms. The average molecular weight is 364 g/mol. The molecule has 0 bridgehead atoms. The molecule has 1 atom stereocenters. The van der Waals surface area contributed by atoms with Crippen LogP contribution in [-0.2, 0) is 17.9 Å². The van der Waals surface area contributed by atoms with Crippen molar-refractivity contribution in [3.05, 3.63) is 59.4 Å². The van der Waals surface area contributed by atoms with Crippen molar-refractivity contribution in [2.75, 3.05) is 18.4 Å². The van der Waals surface area contributed by atoms with Crippen molar-refractivity contribution in [1.29, 1.82) is 0 Å². The Hall–Kier alpha value is -2.40. The number of benzene rings is 1. The first-order valence-corrected chi connectivity index (χ1v) is 9.88. The van der Waals surface area contributed by atoms with Crippen LogP contribution in [0.15, 0.2) is 42.7 Å². The molecule has 1 aromatic heterocycles. The van der Waals surface area contributed by atoms with E-state index in [1.807, 2.05) is 18.5 Å². The smallest absolute Gasteiger partial charge is 0.222 e. The lowest BCUT2D eigenvalue weighted by atomic mass is 9.85. The minimum Gasteiger partial charge on any atom is -0.379 e. The Labute approximate surface area is 161 Å². The number of likely N-dealkylation sites (tertiary alicyclic amines) is 1. The Kier molecular flexibility index (Phi) is 5.12. The van der Waals surface area contributed by atoms with E-state index in [2.05, 4.69) is 51.7 Å². The lowest BCUT2D eigenvalue weighted by Gasteiger charge is -2.37. The zero-order valence-electron chi connectivity index (χ0n) is 16.0. The predicted octanol–water partition coefficient (Wildman–Crippen LogP) is 3.25. The predicted molar refractivity (Wildman–Crippen MR) is 107 cm³/mol. The molecule has 1 aromatic carbocycles. The second-order valence-corrected chi connectivity index (χ2v) is 8.02. The van der Waals surface area contributed by atoms with Crippen LogP contribution in [0.4, 0.5) is 5.69 Å². The van der Waals surface area contributed by atoms with Crippen molar-refractivity contribution in [3.63, 3.8) is 0 Å². The summed E-state index contributed by atoms with van der Waals surface area (Å²) in [5.41, 5.74) is 4.62. The maximum atomic E-state index is 12.5. The van der Waals surface area contributed by atoms with Crippen LogP contribution < -0.4 is 10.6 Å². The molecule has 1 fully saturated rings.